The lowest BCUT2D eigenvalue weighted by Gasteiger charge is -2.24. The van der Waals surface area contributed by atoms with Gasteiger partial charge in [-0.3, -0.25) is 4.79 Å². The van der Waals surface area contributed by atoms with Crippen molar-refractivity contribution in [3.05, 3.63) is 72.2 Å². The predicted octanol–water partition coefficient (Wildman–Crippen LogP) is 5.44. The summed E-state index contributed by atoms with van der Waals surface area (Å²) in [7, 11) is 8.71. The summed E-state index contributed by atoms with van der Waals surface area (Å²) in [5.74, 6) is 0.559. The molecule has 2 aromatic carbocycles. The molecule has 2 aromatic heterocycles. The number of hydrogen-bond acceptors (Lipinski definition) is 10. The molecule has 0 aliphatic carbocycles. The van der Waals surface area contributed by atoms with Crippen molar-refractivity contribution in [3.8, 4) is 28.8 Å². The van der Waals surface area contributed by atoms with Gasteiger partial charge in [-0.15, -0.1) is 0 Å². The molecule has 0 bridgehead atoms. The Labute approximate surface area is 253 Å². The number of halogens is 3. The Balaban J connectivity index is 1.65. The Bertz CT molecular complexity index is 1600. The molecule has 0 aliphatic heterocycles. The van der Waals surface area contributed by atoms with E-state index in [1.165, 1.54) is 37.8 Å². The van der Waals surface area contributed by atoms with Crippen LogP contribution in [0.3, 0.4) is 0 Å². The van der Waals surface area contributed by atoms with Crippen LogP contribution < -0.4 is 25.0 Å². The van der Waals surface area contributed by atoms with E-state index >= 15 is 0 Å². The average molecular weight is 611 g/mol. The van der Waals surface area contributed by atoms with Crippen molar-refractivity contribution in [1.29, 1.82) is 0 Å². The van der Waals surface area contributed by atoms with Crippen molar-refractivity contribution in [2.24, 2.45) is 0 Å². The molecule has 0 spiro atoms. The van der Waals surface area contributed by atoms with Crippen LogP contribution in [0.1, 0.15) is 22.3 Å². The van der Waals surface area contributed by atoms with E-state index in [4.69, 9.17) is 9.47 Å². The van der Waals surface area contributed by atoms with Crippen molar-refractivity contribution in [3.63, 3.8) is 0 Å². The van der Waals surface area contributed by atoms with Gasteiger partial charge in [0.15, 0.2) is 5.82 Å². The SMILES string of the molecule is CNc1ncnc(-c2cccnc2Oc2ccc(OC)c(C(=O)Nc3cc(C(F)(F)F)ccc3N(C)CCCN(C)C)c2)n1. The van der Waals surface area contributed by atoms with Gasteiger partial charge in [-0.25, -0.2) is 15.0 Å². The molecule has 2 heterocycles. The second-order valence-electron chi connectivity index (χ2n) is 9.97. The summed E-state index contributed by atoms with van der Waals surface area (Å²) in [6, 6.07) is 11.2. The van der Waals surface area contributed by atoms with Crippen LogP contribution in [0.4, 0.5) is 30.5 Å². The molecule has 232 valence electrons. The van der Waals surface area contributed by atoms with Gasteiger partial charge in [-0.05, 0) is 75.6 Å². The number of methoxy groups -OCH3 is 1. The quantitative estimate of drug-likeness (QED) is 0.215. The number of aromatic nitrogens is 4. The highest BCUT2D eigenvalue weighted by Crippen LogP contribution is 2.37. The molecule has 4 rings (SSSR count). The summed E-state index contributed by atoms with van der Waals surface area (Å²) in [6.07, 6.45) is -0.954. The van der Waals surface area contributed by atoms with Gasteiger partial charge >= 0.3 is 6.18 Å². The highest BCUT2D eigenvalue weighted by Gasteiger charge is 2.32. The lowest BCUT2D eigenvalue weighted by atomic mass is 10.1. The minimum Gasteiger partial charge on any atom is -0.496 e. The number of hydrogen-bond donors (Lipinski definition) is 2. The number of nitrogens with zero attached hydrogens (tertiary/aromatic N) is 6. The Morgan fingerprint density at radius 1 is 1.00 bits per heavy atom. The highest BCUT2D eigenvalue weighted by atomic mass is 19.4. The zero-order valence-corrected chi connectivity index (χ0v) is 24.9. The Morgan fingerprint density at radius 2 is 1.80 bits per heavy atom. The maximum absolute atomic E-state index is 13.6. The Kier molecular flexibility index (Phi) is 10.2. The van der Waals surface area contributed by atoms with Gasteiger partial charge in [-0.1, -0.05) is 0 Å². The van der Waals surface area contributed by atoms with Crippen LogP contribution in [0, 0.1) is 0 Å². The first-order valence-corrected chi connectivity index (χ1v) is 13.6. The monoisotopic (exact) mass is 610 g/mol. The number of benzene rings is 2. The van der Waals surface area contributed by atoms with Crippen LogP contribution in [-0.2, 0) is 6.18 Å². The molecule has 0 saturated heterocycles. The first-order valence-electron chi connectivity index (χ1n) is 13.6. The van der Waals surface area contributed by atoms with Crippen LogP contribution in [0.5, 0.6) is 17.4 Å². The van der Waals surface area contributed by atoms with E-state index in [1.807, 2.05) is 19.0 Å². The standard InChI is InChI=1S/C30H33F3N8O3/c1-34-29-37-18-36-26(39-29)21-8-6-13-35-28(21)44-20-10-12-25(43-5)22(17-20)27(42)38-23-16-19(30(31,32)33)9-11-24(23)41(4)15-7-14-40(2)3/h6,8-13,16-18H,7,14-15H2,1-5H3,(H,38,42)(H,34,36,37,39). The smallest absolute Gasteiger partial charge is 0.416 e. The number of pyridine rings is 1. The second-order valence-corrected chi connectivity index (χ2v) is 9.97. The van der Waals surface area contributed by atoms with Crippen molar-refractivity contribution >= 4 is 23.2 Å². The minimum absolute atomic E-state index is 0.00717. The normalized spacial score (nSPS) is 11.3. The molecule has 0 radical (unpaired) electrons. The molecule has 4 aromatic rings. The first kappa shape index (κ1) is 31.9. The van der Waals surface area contributed by atoms with Crippen LogP contribution in [0.15, 0.2) is 61.1 Å². The molecule has 1 amide bonds. The van der Waals surface area contributed by atoms with Crippen molar-refractivity contribution in [2.75, 3.05) is 63.9 Å². The molecule has 0 unspecified atom stereocenters. The summed E-state index contributed by atoms with van der Waals surface area (Å²) in [5, 5.41) is 5.51. The molecule has 0 saturated carbocycles. The molecule has 11 nitrogen and oxygen atoms in total. The molecule has 2 N–H and O–H groups in total. The highest BCUT2D eigenvalue weighted by molar-refractivity contribution is 6.08. The lowest BCUT2D eigenvalue weighted by molar-refractivity contribution is -0.137. The van der Waals surface area contributed by atoms with Crippen molar-refractivity contribution in [1.82, 2.24) is 24.8 Å². The van der Waals surface area contributed by atoms with E-state index in [0.717, 1.165) is 25.1 Å². The lowest BCUT2D eigenvalue weighted by Crippen LogP contribution is -2.25. The summed E-state index contributed by atoms with van der Waals surface area (Å²) in [5.41, 5.74) is 0.0724. The number of rotatable bonds is 12. The fourth-order valence-corrected chi connectivity index (χ4v) is 4.31. The van der Waals surface area contributed by atoms with E-state index in [-0.39, 0.29) is 28.6 Å². The van der Waals surface area contributed by atoms with Gasteiger partial charge in [0.2, 0.25) is 11.8 Å². The molecular formula is C30H33F3N8O3. The number of amides is 1. The van der Waals surface area contributed by atoms with E-state index in [1.54, 1.807) is 37.2 Å². The molecule has 0 aliphatic rings. The topological polar surface area (TPSA) is 118 Å². The second kappa shape index (κ2) is 14.0. The fraction of sp³-hybridized carbons (Fsp3) is 0.300. The summed E-state index contributed by atoms with van der Waals surface area (Å²) in [4.78, 5) is 34.3. The van der Waals surface area contributed by atoms with E-state index < -0.39 is 17.6 Å². The van der Waals surface area contributed by atoms with E-state index in [9.17, 15) is 18.0 Å². The third kappa shape index (κ3) is 7.89. The van der Waals surface area contributed by atoms with Crippen LogP contribution in [0.2, 0.25) is 0 Å². The number of alkyl halides is 3. The fourth-order valence-electron chi connectivity index (χ4n) is 4.31. The number of carbonyl (C=O) groups excluding carboxylic acids is 1. The van der Waals surface area contributed by atoms with Gasteiger partial charge < -0.3 is 29.9 Å². The summed E-state index contributed by atoms with van der Waals surface area (Å²) < 4.78 is 52.4. The molecule has 0 atom stereocenters. The van der Waals surface area contributed by atoms with Crippen molar-refractivity contribution in [2.45, 2.75) is 12.6 Å². The molecule has 0 fully saturated rings. The Hall–Kier alpha value is -4.98. The number of ether oxygens (including phenoxy) is 2. The maximum Gasteiger partial charge on any atom is 0.416 e. The molecular weight excluding hydrogens is 577 g/mol. The zero-order chi connectivity index (χ0) is 31.9. The number of carbonyl (C=O) groups is 1. The predicted molar refractivity (Wildman–Crippen MR) is 162 cm³/mol. The van der Waals surface area contributed by atoms with Crippen LogP contribution in [0.25, 0.3) is 11.4 Å². The maximum atomic E-state index is 13.6. The Morgan fingerprint density at radius 3 is 2.50 bits per heavy atom. The van der Waals surface area contributed by atoms with E-state index in [0.29, 0.717) is 29.6 Å². The number of anilines is 3. The molecule has 14 heteroatoms. The third-order valence-corrected chi connectivity index (χ3v) is 6.52. The average Bonchev–Trinajstić information content (AvgIpc) is 3.00. The van der Waals surface area contributed by atoms with Gasteiger partial charge in [0.25, 0.3) is 5.91 Å². The largest absolute Gasteiger partial charge is 0.496 e. The molecule has 44 heavy (non-hydrogen) atoms. The number of nitrogens with one attached hydrogen (secondary N) is 2. The summed E-state index contributed by atoms with van der Waals surface area (Å²) in [6.45, 7) is 1.35. The zero-order valence-electron chi connectivity index (χ0n) is 24.9. The van der Waals surface area contributed by atoms with Gasteiger partial charge in [0, 0.05) is 26.8 Å². The summed E-state index contributed by atoms with van der Waals surface area (Å²) >= 11 is 0. The first-order chi connectivity index (χ1) is 21.0. The van der Waals surface area contributed by atoms with Crippen molar-refractivity contribution < 1.29 is 27.4 Å². The van der Waals surface area contributed by atoms with Crippen LogP contribution in [-0.4, -0.2) is 79.1 Å². The van der Waals surface area contributed by atoms with Gasteiger partial charge in [-0.2, -0.15) is 18.2 Å². The van der Waals surface area contributed by atoms with Gasteiger partial charge in [0.1, 0.15) is 17.8 Å². The van der Waals surface area contributed by atoms with E-state index in [2.05, 4.69) is 30.6 Å². The van der Waals surface area contributed by atoms with Gasteiger partial charge in [0.05, 0.1) is 35.2 Å². The third-order valence-electron chi connectivity index (χ3n) is 6.52. The minimum atomic E-state index is -4.60. The van der Waals surface area contributed by atoms with Crippen LogP contribution >= 0.6 is 0 Å².